The third kappa shape index (κ3) is 3.09. The number of benzene rings is 1. The number of hydrogen-bond donors (Lipinski definition) is 1. The first-order chi connectivity index (χ1) is 10.7. The number of aliphatic hydroxyl groups excluding tert-OH is 1. The first-order valence-electron chi connectivity index (χ1n) is 7.58. The van der Waals surface area contributed by atoms with Crippen molar-refractivity contribution in [2.45, 2.75) is 18.8 Å². The molecule has 2 fully saturated rings. The average Bonchev–Trinajstić information content (AvgIpc) is 3.03. The molecule has 2 saturated heterocycles. The van der Waals surface area contributed by atoms with Crippen LogP contribution in [0, 0.1) is 5.92 Å². The summed E-state index contributed by atoms with van der Waals surface area (Å²) in [6, 6.07) is 9.56. The van der Waals surface area contributed by atoms with Crippen molar-refractivity contribution in [3.05, 3.63) is 35.9 Å². The van der Waals surface area contributed by atoms with E-state index in [2.05, 4.69) is 0 Å². The van der Waals surface area contributed by atoms with Gasteiger partial charge in [0.25, 0.3) is 0 Å². The molecule has 22 heavy (non-hydrogen) atoms. The van der Waals surface area contributed by atoms with Crippen LogP contribution in [0.2, 0.25) is 0 Å². The van der Waals surface area contributed by atoms with Crippen molar-refractivity contribution in [1.29, 1.82) is 0 Å². The Kier molecular flexibility index (Phi) is 4.61. The molecule has 0 saturated carbocycles. The van der Waals surface area contributed by atoms with Gasteiger partial charge in [0.2, 0.25) is 0 Å². The van der Waals surface area contributed by atoms with Crippen LogP contribution < -0.4 is 0 Å². The minimum atomic E-state index is -0.731. The van der Waals surface area contributed by atoms with Crippen molar-refractivity contribution in [3.63, 3.8) is 0 Å². The molecule has 2 aliphatic heterocycles. The SMILES string of the molecule is O=C(OCc1ccccc1)N1CCC2(OCCO2)C(CO)C1. The molecule has 0 radical (unpaired) electrons. The Balaban J connectivity index is 1.55. The molecule has 0 aliphatic carbocycles. The van der Waals surface area contributed by atoms with Gasteiger partial charge >= 0.3 is 6.09 Å². The summed E-state index contributed by atoms with van der Waals surface area (Å²) >= 11 is 0. The topological polar surface area (TPSA) is 68.2 Å². The largest absolute Gasteiger partial charge is 0.445 e. The maximum atomic E-state index is 12.2. The molecule has 1 N–H and O–H groups in total. The van der Waals surface area contributed by atoms with E-state index in [4.69, 9.17) is 14.2 Å². The molecular formula is C16H21NO5. The van der Waals surface area contributed by atoms with E-state index in [9.17, 15) is 9.90 Å². The van der Waals surface area contributed by atoms with Crippen LogP contribution in [0.3, 0.4) is 0 Å². The highest BCUT2D eigenvalue weighted by Crippen LogP contribution is 2.36. The van der Waals surface area contributed by atoms with Crippen molar-refractivity contribution >= 4 is 6.09 Å². The fourth-order valence-electron chi connectivity index (χ4n) is 3.02. The molecule has 6 nitrogen and oxygen atoms in total. The van der Waals surface area contributed by atoms with Crippen molar-refractivity contribution in [3.8, 4) is 0 Å². The van der Waals surface area contributed by atoms with E-state index in [0.717, 1.165) is 5.56 Å². The summed E-state index contributed by atoms with van der Waals surface area (Å²) < 4.78 is 16.7. The van der Waals surface area contributed by atoms with E-state index in [1.54, 1.807) is 4.90 Å². The van der Waals surface area contributed by atoms with Crippen LogP contribution in [0.15, 0.2) is 30.3 Å². The van der Waals surface area contributed by atoms with Crippen LogP contribution in [0.25, 0.3) is 0 Å². The number of aliphatic hydroxyl groups is 1. The second-order valence-electron chi connectivity index (χ2n) is 5.62. The Morgan fingerprint density at radius 2 is 2.05 bits per heavy atom. The van der Waals surface area contributed by atoms with Gasteiger partial charge in [0.05, 0.1) is 25.7 Å². The number of carbonyl (C=O) groups excluding carboxylic acids is 1. The molecule has 0 bridgehead atoms. The second kappa shape index (κ2) is 6.64. The summed E-state index contributed by atoms with van der Waals surface area (Å²) in [5.74, 6) is -0.974. The van der Waals surface area contributed by atoms with Gasteiger partial charge in [-0.2, -0.15) is 0 Å². The van der Waals surface area contributed by atoms with E-state index >= 15 is 0 Å². The van der Waals surface area contributed by atoms with Crippen LogP contribution in [-0.4, -0.2) is 54.8 Å². The highest BCUT2D eigenvalue weighted by Gasteiger charge is 2.48. The van der Waals surface area contributed by atoms with Crippen molar-refractivity contribution in [2.75, 3.05) is 32.9 Å². The highest BCUT2D eigenvalue weighted by atomic mass is 16.7. The lowest BCUT2D eigenvalue weighted by Gasteiger charge is -2.42. The normalized spacial score (nSPS) is 23.7. The van der Waals surface area contributed by atoms with Crippen molar-refractivity contribution < 1.29 is 24.1 Å². The minimum absolute atomic E-state index is 0.0809. The van der Waals surface area contributed by atoms with Crippen LogP contribution in [0.4, 0.5) is 4.79 Å². The van der Waals surface area contributed by atoms with E-state index < -0.39 is 5.79 Å². The Bertz CT molecular complexity index is 501. The van der Waals surface area contributed by atoms with Crippen LogP contribution in [0.1, 0.15) is 12.0 Å². The van der Waals surface area contributed by atoms with Gasteiger partial charge in [-0.25, -0.2) is 4.79 Å². The zero-order valence-electron chi connectivity index (χ0n) is 12.4. The number of rotatable bonds is 3. The van der Waals surface area contributed by atoms with Crippen molar-refractivity contribution in [2.24, 2.45) is 5.92 Å². The van der Waals surface area contributed by atoms with Crippen LogP contribution >= 0.6 is 0 Å². The number of ether oxygens (including phenoxy) is 3. The molecule has 1 amide bonds. The molecule has 2 heterocycles. The Hall–Kier alpha value is -1.63. The van der Waals surface area contributed by atoms with Gasteiger partial charge in [0.15, 0.2) is 5.79 Å². The summed E-state index contributed by atoms with van der Waals surface area (Å²) in [4.78, 5) is 13.8. The molecule has 2 aliphatic rings. The Labute approximate surface area is 129 Å². The van der Waals surface area contributed by atoms with Gasteiger partial charge < -0.3 is 24.2 Å². The van der Waals surface area contributed by atoms with Crippen LogP contribution in [0.5, 0.6) is 0 Å². The molecule has 1 atom stereocenters. The van der Waals surface area contributed by atoms with Gasteiger partial charge in [-0.3, -0.25) is 0 Å². The summed E-state index contributed by atoms with van der Waals surface area (Å²) in [5.41, 5.74) is 0.950. The monoisotopic (exact) mass is 307 g/mol. The first-order valence-corrected chi connectivity index (χ1v) is 7.58. The number of amides is 1. The standard InChI is InChI=1S/C16H21NO5/c18-11-14-10-17(7-6-16(14)21-8-9-22-16)15(19)20-12-13-4-2-1-3-5-13/h1-5,14,18H,6-12H2. The maximum Gasteiger partial charge on any atom is 0.410 e. The molecular weight excluding hydrogens is 286 g/mol. The first kappa shape index (κ1) is 15.3. The summed E-state index contributed by atoms with van der Waals surface area (Å²) in [5, 5.41) is 9.59. The molecule has 6 heteroatoms. The number of likely N-dealkylation sites (tertiary alicyclic amines) is 1. The fourth-order valence-corrected chi connectivity index (χ4v) is 3.02. The lowest BCUT2D eigenvalue weighted by molar-refractivity contribution is -0.225. The number of piperidine rings is 1. The third-order valence-electron chi connectivity index (χ3n) is 4.25. The lowest BCUT2D eigenvalue weighted by Crippen LogP contribution is -2.55. The number of carbonyl (C=O) groups is 1. The molecule has 1 unspecified atom stereocenters. The summed E-state index contributed by atoms with van der Waals surface area (Å²) in [6.45, 7) is 2.12. The molecule has 120 valence electrons. The lowest BCUT2D eigenvalue weighted by atomic mass is 9.91. The summed E-state index contributed by atoms with van der Waals surface area (Å²) in [7, 11) is 0. The van der Waals surface area contributed by atoms with Crippen molar-refractivity contribution in [1.82, 2.24) is 4.90 Å². The van der Waals surface area contributed by atoms with Crippen LogP contribution in [-0.2, 0) is 20.8 Å². The molecule has 1 aromatic carbocycles. The van der Waals surface area contributed by atoms with E-state index in [-0.39, 0.29) is 25.2 Å². The quantitative estimate of drug-likeness (QED) is 0.914. The second-order valence-corrected chi connectivity index (χ2v) is 5.62. The zero-order valence-corrected chi connectivity index (χ0v) is 12.4. The fraction of sp³-hybridized carbons (Fsp3) is 0.562. The Morgan fingerprint density at radius 1 is 1.32 bits per heavy atom. The molecule has 0 aromatic heterocycles. The minimum Gasteiger partial charge on any atom is -0.445 e. The van der Waals surface area contributed by atoms with E-state index in [0.29, 0.717) is 32.7 Å². The number of hydrogen-bond acceptors (Lipinski definition) is 5. The smallest absolute Gasteiger partial charge is 0.410 e. The van der Waals surface area contributed by atoms with E-state index in [1.165, 1.54) is 0 Å². The number of nitrogens with zero attached hydrogens (tertiary/aromatic N) is 1. The molecule has 1 spiro atoms. The highest BCUT2D eigenvalue weighted by molar-refractivity contribution is 5.67. The zero-order chi connectivity index (χ0) is 15.4. The van der Waals surface area contributed by atoms with Gasteiger partial charge in [-0.15, -0.1) is 0 Å². The molecule has 3 rings (SSSR count). The maximum absolute atomic E-state index is 12.2. The van der Waals surface area contributed by atoms with Gasteiger partial charge in [0.1, 0.15) is 6.61 Å². The van der Waals surface area contributed by atoms with E-state index in [1.807, 2.05) is 30.3 Å². The van der Waals surface area contributed by atoms with Gasteiger partial charge in [-0.1, -0.05) is 30.3 Å². The Morgan fingerprint density at radius 3 is 2.73 bits per heavy atom. The molecule has 1 aromatic rings. The average molecular weight is 307 g/mol. The van der Waals surface area contributed by atoms with Gasteiger partial charge in [-0.05, 0) is 5.56 Å². The van der Waals surface area contributed by atoms with Gasteiger partial charge in [0, 0.05) is 19.5 Å². The predicted molar refractivity (Wildman–Crippen MR) is 78.0 cm³/mol. The third-order valence-corrected chi connectivity index (χ3v) is 4.25. The summed E-state index contributed by atoms with van der Waals surface area (Å²) in [6.07, 6.45) is 0.189. The predicted octanol–water partition coefficient (Wildman–Crippen LogP) is 1.38.